The van der Waals surface area contributed by atoms with Crippen molar-refractivity contribution in [2.24, 2.45) is 0 Å². The molecule has 0 amide bonds. The predicted molar refractivity (Wildman–Crippen MR) is 150 cm³/mol. The van der Waals surface area contributed by atoms with Crippen LogP contribution in [0.5, 0.6) is 11.5 Å². The molecule has 2 atom stereocenters. The molecule has 1 saturated heterocycles. The van der Waals surface area contributed by atoms with E-state index in [2.05, 4.69) is 68.4 Å². The number of para-hydroxylation sites is 2. The van der Waals surface area contributed by atoms with Crippen molar-refractivity contribution in [1.29, 1.82) is 0 Å². The molecular weight excluding hydrogens is 480 g/mol. The normalized spacial score (nSPS) is 19.7. The Hall–Kier alpha value is -3.84. The molecule has 1 N–H and O–H groups in total. The van der Waals surface area contributed by atoms with Crippen LogP contribution in [-0.2, 0) is 0 Å². The van der Waals surface area contributed by atoms with Crippen molar-refractivity contribution in [3.63, 3.8) is 0 Å². The molecule has 4 aromatic rings. The summed E-state index contributed by atoms with van der Waals surface area (Å²) < 4.78 is 14.1. The summed E-state index contributed by atoms with van der Waals surface area (Å²) in [6.07, 6.45) is 8.99. The highest BCUT2D eigenvalue weighted by Crippen LogP contribution is 2.43. The summed E-state index contributed by atoms with van der Waals surface area (Å²) in [5, 5.41) is 4.22. The molecular formula is C30H30N4O2S. The quantitative estimate of drug-likeness (QED) is 0.291. The van der Waals surface area contributed by atoms with Gasteiger partial charge in [-0.15, -0.1) is 0 Å². The number of hydrogen-bond acceptors (Lipinski definition) is 4. The number of thiocarbonyl (C=S) groups is 1. The Kier molecular flexibility index (Phi) is 6.53. The van der Waals surface area contributed by atoms with E-state index in [1.165, 1.54) is 12.8 Å². The van der Waals surface area contributed by atoms with Crippen LogP contribution < -0.4 is 19.7 Å². The van der Waals surface area contributed by atoms with Crippen LogP contribution >= 0.6 is 12.2 Å². The summed E-state index contributed by atoms with van der Waals surface area (Å²) in [5.74, 6) is 1.71. The second-order valence-corrected chi connectivity index (χ2v) is 9.88. The Morgan fingerprint density at radius 3 is 2.46 bits per heavy atom. The maximum absolute atomic E-state index is 6.22. The van der Waals surface area contributed by atoms with Crippen LogP contribution in [0, 0.1) is 0 Å². The number of nitrogens with zero attached hydrogens (tertiary/aromatic N) is 3. The van der Waals surface area contributed by atoms with Gasteiger partial charge < -0.3 is 24.3 Å². The van der Waals surface area contributed by atoms with Crippen LogP contribution in [-0.4, -0.2) is 27.9 Å². The first-order chi connectivity index (χ1) is 18.2. The number of nitrogens with one attached hydrogen (secondary N) is 1. The molecule has 2 unspecified atom stereocenters. The average molecular weight is 511 g/mol. The smallest absolute Gasteiger partial charge is 0.174 e. The lowest BCUT2D eigenvalue weighted by molar-refractivity contribution is 0.210. The number of methoxy groups -OCH3 is 1. The third-order valence-corrected chi connectivity index (χ3v) is 7.56. The van der Waals surface area contributed by atoms with E-state index in [-0.39, 0.29) is 12.1 Å². The molecule has 0 radical (unpaired) electrons. The lowest BCUT2D eigenvalue weighted by Gasteiger charge is -2.29. The number of anilines is 1. The minimum Gasteiger partial charge on any atom is -0.495 e. The van der Waals surface area contributed by atoms with Gasteiger partial charge in [0.1, 0.15) is 17.5 Å². The van der Waals surface area contributed by atoms with Crippen molar-refractivity contribution in [1.82, 2.24) is 14.9 Å². The molecule has 0 bridgehead atoms. The molecule has 1 saturated carbocycles. The number of ether oxygens (including phenoxy) is 2. The first-order valence-corrected chi connectivity index (χ1v) is 13.2. The molecule has 3 heterocycles. The summed E-state index contributed by atoms with van der Waals surface area (Å²) in [6, 6.07) is 26.3. The average Bonchev–Trinajstić information content (AvgIpc) is 3.70. The summed E-state index contributed by atoms with van der Waals surface area (Å²) in [5.41, 5.74) is 4.00. The van der Waals surface area contributed by atoms with Gasteiger partial charge in [-0.3, -0.25) is 4.98 Å². The monoisotopic (exact) mass is 510 g/mol. The van der Waals surface area contributed by atoms with Gasteiger partial charge in [0.05, 0.1) is 30.6 Å². The Balaban J connectivity index is 1.41. The van der Waals surface area contributed by atoms with Crippen LogP contribution in [0.1, 0.15) is 49.2 Å². The highest BCUT2D eigenvalue weighted by molar-refractivity contribution is 7.80. The number of aromatic nitrogens is 2. The minimum atomic E-state index is -0.135. The second kappa shape index (κ2) is 10.3. The van der Waals surface area contributed by atoms with E-state index < -0.39 is 0 Å². The maximum atomic E-state index is 6.22. The van der Waals surface area contributed by atoms with Gasteiger partial charge in [0.15, 0.2) is 5.11 Å². The number of benzene rings is 2. The Labute approximate surface area is 222 Å². The summed E-state index contributed by atoms with van der Waals surface area (Å²) in [4.78, 5) is 6.88. The molecule has 2 aromatic heterocycles. The predicted octanol–water partition coefficient (Wildman–Crippen LogP) is 6.38. The van der Waals surface area contributed by atoms with Gasteiger partial charge in [0, 0.05) is 23.8 Å². The van der Waals surface area contributed by atoms with Gasteiger partial charge in [0.25, 0.3) is 0 Å². The largest absolute Gasteiger partial charge is 0.495 e. The van der Waals surface area contributed by atoms with Crippen molar-refractivity contribution in [3.05, 3.63) is 103 Å². The van der Waals surface area contributed by atoms with E-state index in [1.807, 2.05) is 42.6 Å². The van der Waals surface area contributed by atoms with E-state index in [0.717, 1.165) is 47.1 Å². The van der Waals surface area contributed by atoms with Crippen LogP contribution in [0.2, 0.25) is 0 Å². The molecule has 2 fully saturated rings. The topological polar surface area (TPSA) is 51.5 Å². The van der Waals surface area contributed by atoms with E-state index >= 15 is 0 Å². The lowest BCUT2D eigenvalue weighted by atomic mass is 10.0. The Morgan fingerprint density at radius 1 is 0.919 bits per heavy atom. The molecule has 6 rings (SSSR count). The van der Waals surface area contributed by atoms with Gasteiger partial charge in [-0.2, -0.15) is 0 Å². The fourth-order valence-electron chi connectivity index (χ4n) is 5.50. The van der Waals surface area contributed by atoms with Gasteiger partial charge in [-0.1, -0.05) is 18.2 Å². The van der Waals surface area contributed by atoms with E-state index in [1.54, 1.807) is 7.11 Å². The molecule has 6 nitrogen and oxygen atoms in total. The lowest BCUT2D eigenvalue weighted by Crippen LogP contribution is -2.30. The molecule has 7 heteroatoms. The van der Waals surface area contributed by atoms with Crippen LogP contribution in [0.4, 0.5) is 5.69 Å². The van der Waals surface area contributed by atoms with Crippen molar-refractivity contribution in [2.45, 2.75) is 43.9 Å². The fraction of sp³-hybridized carbons (Fsp3) is 0.267. The third-order valence-electron chi connectivity index (χ3n) is 7.25. The van der Waals surface area contributed by atoms with Crippen LogP contribution in [0.25, 0.3) is 5.69 Å². The number of pyridine rings is 1. The summed E-state index contributed by atoms with van der Waals surface area (Å²) in [6.45, 7) is 0. The zero-order valence-corrected chi connectivity index (χ0v) is 21.6. The van der Waals surface area contributed by atoms with Gasteiger partial charge in [-0.25, -0.2) is 0 Å². The van der Waals surface area contributed by atoms with Crippen molar-refractivity contribution in [2.75, 3.05) is 12.0 Å². The molecule has 1 aliphatic carbocycles. The molecule has 1 aliphatic heterocycles. The zero-order valence-electron chi connectivity index (χ0n) is 20.8. The molecule has 2 aliphatic rings. The Morgan fingerprint density at radius 2 is 1.70 bits per heavy atom. The summed E-state index contributed by atoms with van der Waals surface area (Å²) in [7, 11) is 1.70. The first-order valence-electron chi connectivity index (χ1n) is 12.8. The highest BCUT2D eigenvalue weighted by atomic mass is 32.1. The molecule has 2 aromatic carbocycles. The zero-order chi connectivity index (χ0) is 25.2. The van der Waals surface area contributed by atoms with Crippen LogP contribution in [0.3, 0.4) is 0 Å². The minimum absolute atomic E-state index is 0.133. The van der Waals surface area contributed by atoms with E-state index in [0.29, 0.717) is 11.2 Å². The molecule has 37 heavy (non-hydrogen) atoms. The SMILES string of the molecule is COc1ccccc1-n1cccc1C1C(c2ccccn2)NC(=S)N1c1ccc(OC2CCCC2)cc1. The number of rotatable bonds is 7. The highest BCUT2D eigenvalue weighted by Gasteiger charge is 2.42. The Bertz CT molecular complexity index is 1370. The first kappa shape index (κ1) is 23.6. The van der Waals surface area contributed by atoms with Gasteiger partial charge >= 0.3 is 0 Å². The van der Waals surface area contributed by atoms with Crippen molar-refractivity contribution < 1.29 is 9.47 Å². The van der Waals surface area contributed by atoms with E-state index in [9.17, 15) is 0 Å². The number of hydrogen-bond donors (Lipinski definition) is 1. The van der Waals surface area contributed by atoms with Gasteiger partial charge in [-0.05, 0) is 98.6 Å². The molecule has 188 valence electrons. The van der Waals surface area contributed by atoms with E-state index in [4.69, 9.17) is 21.7 Å². The molecule has 0 spiro atoms. The second-order valence-electron chi connectivity index (χ2n) is 9.49. The fourth-order valence-corrected chi connectivity index (χ4v) is 5.85. The maximum Gasteiger partial charge on any atom is 0.174 e. The standard InChI is InChI=1S/C30H30N4O2S/c1-35-27-14-5-4-12-25(27)33-20-8-13-26(33)29-28(24-11-6-7-19-31-24)32-30(37)34(29)21-15-17-23(18-16-21)36-22-9-2-3-10-22/h4-8,11-20,22,28-29H,2-3,9-10H2,1H3,(H,32,37). The third kappa shape index (κ3) is 4.55. The van der Waals surface area contributed by atoms with Crippen molar-refractivity contribution in [3.8, 4) is 17.2 Å². The van der Waals surface area contributed by atoms with Crippen molar-refractivity contribution >= 4 is 23.0 Å². The summed E-state index contributed by atoms with van der Waals surface area (Å²) >= 11 is 5.93. The van der Waals surface area contributed by atoms with Gasteiger partial charge in [0.2, 0.25) is 0 Å². The van der Waals surface area contributed by atoms with Crippen LogP contribution in [0.15, 0.2) is 91.3 Å².